The molecule has 14 heavy (non-hydrogen) atoms. The van der Waals surface area contributed by atoms with Gasteiger partial charge in [-0.05, 0) is 19.1 Å². The van der Waals surface area contributed by atoms with Gasteiger partial charge in [-0.3, -0.25) is 0 Å². The highest BCUT2D eigenvalue weighted by molar-refractivity contribution is 5.88. The molecule has 0 spiro atoms. The molecule has 0 radical (unpaired) electrons. The number of esters is 1. The fraction of sp³-hybridized carbons (Fsp3) is 0.100. The van der Waals surface area contributed by atoms with E-state index >= 15 is 0 Å². The molecule has 2 nitrogen and oxygen atoms in total. The summed E-state index contributed by atoms with van der Waals surface area (Å²) in [5, 5.41) is 0. The van der Waals surface area contributed by atoms with Gasteiger partial charge < -0.3 is 4.74 Å². The summed E-state index contributed by atoms with van der Waals surface area (Å²) < 4.78 is 30.0. The summed E-state index contributed by atoms with van der Waals surface area (Å²) in [6.45, 7) is 4.76. The highest BCUT2D eigenvalue weighted by Gasteiger charge is 2.10. The van der Waals surface area contributed by atoms with Crippen LogP contribution in [0.15, 0.2) is 30.4 Å². The van der Waals surface area contributed by atoms with Gasteiger partial charge in [0.25, 0.3) is 0 Å². The van der Waals surface area contributed by atoms with Crippen molar-refractivity contribution in [3.8, 4) is 5.75 Å². The van der Waals surface area contributed by atoms with Crippen molar-refractivity contribution in [2.45, 2.75) is 6.92 Å². The van der Waals surface area contributed by atoms with Crippen LogP contribution in [-0.2, 0) is 4.79 Å². The van der Waals surface area contributed by atoms with Crippen molar-refractivity contribution in [1.29, 1.82) is 0 Å². The average Bonchev–Trinajstić information content (AvgIpc) is 2.09. The third-order valence-electron chi connectivity index (χ3n) is 1.45. The van der Waals surface area contributed by atoms with Gasteiger partial charge in [0.2, 0.25) is 0 Å². The second kappa shape index (κ2) is 4.00. The number of rotatable bonds is 2. The van der Waals surface area contributed by atoms with Crippen molar-refractivity contribution in [1.82, 2.24) is 0 Å². The molecule has 0 heterocycles. The Kier molecular flexibility index (Phi) is 2.96. The number of carbonyl (C=O) groups excluding carboxylic acids is 1. The van der Waals surface area contributed by atoms with Crippen molar-refractivity contribution in [3.05, 3.63) is 42.0 Å². The Hall–Kier alpha value is -1.71. The van der Waals surface area contributed by atoms with Crippen LogP contribution in [0.3, 0.4) is 0 Å². The molecule has 0 fully saturated rings. The molecule has 4 heteroatoms. The van der Waals surface area contributed by atoms with Crippen LogP contribution in [0.2, 0.25) is 0 Å². The van der Waals surface area contributed by atoms with Gasteiger partial charge in [0.05, 0.1) is 0 Å². The Balaban J connectivity index is 2.87. The fourth-order valence-corrected chi connectivity index (χ4v) is 0.745. The molecule has 0 aliphatic rings. The third-order valence-corrected chi connectivity index (χ3v) is 1.45. The lowest BCUT2D eigenvalue weighted by atomic mass is 10.3. The summed E-state index contributed by atoms with van der Waals surface area (Å²) >= 11 is 0. The van der Waals surface area contributed by atoms with E-state index < -0.39 is 17.6 Å². The van der Waals surface area contributed by atoms with Crippen molar-refractivity contribution in [3.63, 3.8) is 0 Å². The molecule has 0 amide bonds. The van der Waals surface area contributed by atoms with Crippen molar-refractivity contribution in [2.24, 2.45) is 0 Å². The third kappa shape index (κ3) is 2.39. The average molecular weight is 198 g/mol. The van der Waals surface area contributed by atoms with E-state index in [4.69, 9.17) is 0 Å². The second-order valence-corrected chi connectivity index (χ2v) is 2.74. The van der Waals surface area contributed by atoms with Gasteiger partial charge in [-0.1, -0.05) is 6.58 Å². The first-order valence-electron chi connectivity index (χ1n) is 3.83. The summed E-state index contributed by atoms with van der Waals surface area (Å²) in [5.74, 6) is -2.69. The normalized spacial score (nSPS) is 9.64. The minimum absolute atomic E-state index is 0.147. The highest BCUT2D eigenvalue weighted by atomic mass is 19.1. The molecule has 0 aliphatic heterocycles. The summed E-state index contributed by atoms with van der Waals surface area (Å²) in [5.41, 5.74) is 0.147. The number of hydrogen-bond donors (Lipinski definition) is 0. The molecule has 1 aromatic rings. The highest BCUT2D eigenvalue weighted by Crippen LogP contribution is 2.18. The fourth-order valence-electron chi connectivity index (χ4n) is 0.745. The summed E-state index contributed by atoms with van der Waals surface area (Å²) in [4.78, 5) is 11.0. The second-order valence-electron chi connectivity index (χ2n) is 2.74. The van der Waals surface area contributed by atoms with E-state index in [9.17, 15) is 13.6 Å². The zero-order valence-corrected chi connectivity index (χ0v) is 7.51. The molecule has 0 bridgehead atoms. The lowest BCUT2D eigenvalue weighted by Crippen LogP contribution is -2.09. The zero-order valence-electron chi connectivity index (χ0n) is 7.51. The molecule has 0 saturated carbocycles. The van der Waals surface area contributed by atoms with E-state index in [1.165, 1.54) is 6.92 Å². The van der Waals surface area contributed by atoms with Crippen LogP contribution in [-0.4, -0.2) is 5.97 Å². The first-order valence-corrected chi connectivity index (χ1v) is 3.83. The van der Waals surface area contributed by atoms with Crippen LogP contribution < -0.4 is 4.74 Å². The summed E-state index contributed by atoms with van der Waals surface area (Å²) in [7, 11) is 0. The Labute approximate surface area is 79.8 Å². The lowest BCUT2D eigenvalue weighted by Gasteiger charge is -2.04. The zero-order chi connectivity index (χ0) is 10.7. The van der Waals surface area contributed by atoms with Crippen molar-refractivity contribution >= 4 is 5.97 Å². The first-order chi connectivity index (χ1) is 6.50. The van der Waals surface area contributed by atoms with Crippen LogP contribution in [0.4, 0.5) is 8.78 Å². The maximum atomic E-state index is 12.9. The standard InChI is InChI=1S/C10H8F2O2/c1-6(2)10(13)14-9-4-3-7(11)5-8(9)12/h3-5H,1H2,2H3. The van der Waals surface area contributed by atoms with Crippen LogP contribution in [0.5, 0.6) is 5.75 Å². The molecular formula is C10H8F2O2. The number of halogens is 2. The number of benzene rings is 1. The number of carbonyl (C=O) groups is 1. The van der Waals surface area contributed by atoms with Gasteiger partial charge in [-0.2, -0.15) is 0 Å². The van der Waals surface area contributed by atoms with Crippen LogP contribution in [0.1, 0.15) is 6.92 Å². The summed E-state index contributed by atoms with van der Waals surface area (Å²) in [6.07, 6.45) is 0. The quantitative estimate of drug-likeness (QED) is 0.414. The SMILES string of the molecule is C=C(C)C(=O)Oc1ccc(F)cc1F. The van der Waals surface area contributed by atoms with Gasteiger partial charge in [0.1, 0.15) is 5.82 Å². The van der Waals surface area contributed by atoms with Crippen LogP contribution in [0, 0.1) is 11.6 Å². The molecule has 1 aromatic carbocycles. The maximum Gasteiger partial charge on any atom is 0.338 e. The Morgan fingerprint density at radius 1 is 1.43 bits per heavy atom. The van der Waals surface area contributed by atoms with Crippen molar-refractivity contribution in [2.75, 3.05) is 0 Å². The first kappa shape index (κ1) is 10.4. The van der Waals surface area contributed by atoms with E-state index in [0.717, 1.165) is 12.1 Å². The maximum absolute atomic E-state index is 12.9. The van der Waals surface area contributed by atoms with E-state index in [1.54, 1.807) is 0 Å². The predicted octanol–water partition coefficient (Wildman–Crippen LogP) is 2.45. The molecule has 74 valence electrons. The molecule has 0 saturated heterocycles. The number of ether oxygens (including phenoxy) is 1. The summed E-state index contributed by atoms with van der Waals surface area (Å²) in [6, 6.07) is 2.69. The van der Waals surface area contributed by atoms with Crippen molar-refractivity contribution < 1.29 is 18.3 Å². The molecule has 1 rings (SSSR count). The van der Waals surface area contributed by atoms with Gasteiger partial charge in [0.15, 0.2) is 11.6 Å². The van der Waals surface area contributed by atoms with Crippen LogP contribution >= 0.6 is 0 Å². The van der Waals surface area contributed by atoms with E-state index in [-0.39, 0.29) is 11.3 Å². The molecule has 0 atom stereocenters. The van der Waals surface area contributed by atoms with Gasteiger partial charge in [-0.15, -0.1) is 0 Å². The van der Waals surface area contributed by atoms with Gasteiger partial charge >= 0.3 is 5.97 Å². The molecular weight excluding hydrogens is 190 g/mol. The van der Waals surface area contributed by atoms with Gasteiger partial charge in [0, 0.05) is 11.6 Å². The van der Waals surface area contributed by atoms with Crippen LogP contribution in [0.25, 0.3) is 0 Å². The molecule has 0 aromatic heterocycles. The molecule has 0 N–H and O–H groups in total. The topological polar surface area (TPSA) is 26.3 Å². The predicted molar refractivity (Wildman–Crippen MR) is 46.8 cm³/mol. The van der Waals surface area contributed by atoms with E-state index in [0.29, 0.717) is 6.07 Å². The minimum atomic E-state index is -0.917. The molecule has 0 aliphatic carbocycles. The van der Waals surface area contributed by atoms with E-state index in [2.05, 4.69) is 11.3 Å². The smallest absolute Gasteiger partial charge is 0.338 e. The van der Waals surface area contributed by atoms with Gasteiger partial charge in [-0.25, -0.2) is 13.6 Å². The largest absolute Gasteiger partial charge is 0.420 e. The monoisotopic (exact) mass is 198 g/mol. The molecule has 0 unspecified atom stereocenters. The minimum Gasteiger partial charge on any atom is -0.420 e. The Morgan fingerprint density at radius 3 is 2.57 bits per heavy atom. The Bertz CT molecular complexity index is 386. The number of hydrogen-bond acceptors (Lipinski definition) is 2. The lowest BCUT2D eigenvalue weighted by molar-refractivity contribution is -0.130. The van der Waals surface area contributed by atoms with E-state index in [1.807, 2.05) is 0 Å². The Morgan fingerprint density at radius 2 is 2.07 bits per heavy atom.